The smallest absolute Gasteiger partial charge is 0.257 e. The number of anilines is 3. The molecule has 0 spiro atoms. The van der Waals surface area contributed by atoms with Crippen LogP contribution >= 0.6 is 0 Å². The zero-order valence-electron chi connectivity index (χ0n) is 20.8. The van der Waals surface area contributed by atoms with E-state index in [9.17, 15) is 9.59 Å². The number of pyridine rings is 1. The summed E-state index contributed by atoms with van der Waals surface area (Å²) >= 11 is 0. The Kier molecular flexibility index (Phi) is 7.44. The summed E-state index contributed by atoms with van der Waals surface area (Å²) < 4.78 is 0. The maximum Gasteiger partial charge on any atom is 0.257 e. The monoisotopic (exact) mass is 475 g/mol. The molecule has 2 aromatic rings. The Balaban J connectivity index is 1.17. The third kappa shape index (κ3) is 5.57. The van der Waals surface area contributed by atoms with Gasteiger partial charge in [-0.15, -0.1) is 0 Å². The Bertz CT molecular complexity index is 1040. The lowest BCUT2D eigenvalue weighted by Crippen LogP contribution is -2.42. The van der Waals surface area contributed by atoms with Crippen LogP contribution in [0.1, 0.15) is 55.3 Å². The molecule has 0 aliphatic carbocycles. The van der Waals surface area contributed by atoms with E-state index in [0.717, 1.165) is 37.8 Å². The first kappa shape index (κ1) is 23.9. The fourth-order valence-electron chi connectivity index (χ4n) is 5.83. The highest BCUT2D eigenvalue weighted by Crippen LogP contribution is 2.36. The van der Waals surface area contributed by atoms with Gasteiger partial charge >= 0.3 is 0 Å². The predicted octanol–water partition coefficient (Wildman–Crippen LogP) is 4.54. The lowest BCUT2D eigenvalue weighted by molar-refractivity contribution is -0.119. The van der Waals surface area contributed by atoms with E-state index in [-0.39, 0.29) is 11.8 Å². The van der Waals surface area contributed by atoms with E-state index in [4.69, 9.17) is 0 Å². The summed E-state index contributed by atoms with van der Waals surface area (Å²) in [5.74, 6) is 1.91. The van der Waals surface area contributed by atoms with Gasteiger partial charge in [-0.2, -0.15) is 0 Å². The Morgan fingerprint density at radius 2 is 1.66 bits per heavy atom. The number of amides is 2. The molecule has 0 unspecified atom stereocenters. The molecule has 2 saturated heterocycles. The van der Waals surface area contributed by atoms with Gasteiger partial charge in [0, 0.05) is 6.20 Å². The summed E-state index contributed by atoms with van der Waals surface area (Å²) in [7, 11) is 2.23. The van der Waals surface area contributed by atoms with Crippen LogP contribution in [0, 0.1) is 11.8 Å². The van der Waals surface area contributed by atoms with Gasteiger partial charge in [0.05, 0.1) is 23.5 Å². The second-order valence-electron chi connectivity index (χ2n) is 10.5. The first-order chi connectivity index (χ1) is 17.1. The normalized spacial score (nSPS) is 20.1. The quantitative estimate of drug-likeness (QED) is 0.665. The molecule has 5 rings (SSSR count). The molecule has 35 heavy (non-hydrogen) atoms. The van der Waals surface area contributed by atoms with Crippen molar-refractivity contribution in [1.82, 2.24) is 14.8 Å². The molecule has 0 bridgehead atoms. The number of carbonyl (C=O) groups is 2. The molecule has 2 fully saturated rings. The second kappa shape index (κ2) is 10.9. The third-order valence-corrected chi connectivity index (χ3v) is 8.01. The standard InChI is InChI=1S/C28H37N5O2/c1-31-16-11-21(12-17-31)6-4-7-22-13-18-32(19-14-22)20-26(34)33-25-10-3-2-8-23(25)28(35)30-24-9-5-15-29-27(24)33/h2-3,5,8-10,15,21-22H,4,6-7,11-14,16-20H2,1H3,(H,30,35). The highest BCUT2D eigenvalue weighted by molar-refractivity contribution is 6.17. The van der Waals surface area contributed by atoms with Crippen LogP contribution in [0.5, 0.6) is 0 Å². The molecule has 3 aliphatic heterocycles. The Labute approximate surface area is 208 Å². The lowest BCUT2D eigenvalue weighted by atomic mass is 9.87. The number of para-hydroxylation sites is 1. The summed E-state index contributed by atoms with van der Waals surface area (Å²) in [6.45, 7) is 4.74. The molecule has 1 N–H and O–H groups in total. The minimum Gasteiger partial charge on any atom is -0.319 e. The Morgan fingerprint density at radius 1 is 0.971 bits per heavy atom. The van der Waals surface area contributed by atoms with E-state index in [0.29, 0.717) is 29.3 Å². The average Bonchev–Trinajstić information content (AvgIpc) is 3.00. The lowest BCUT2D eigenvalue weighted by Gasteiger charge is -2.33. The van der Waals surface area contributed by atoms with E-state index < -0.39 is 0 Å². The number of hydrogen-bond acceptors (Lipinski definition) is 5. The molecule has 1 aromatic carbocycles. The second-order valence-corrected chi connectivity index (χ2v) is 10.5. The largest absolute Gasteiger partial charge is 0.319 e. The highest BCUT2D eigenvalue weighted by Gasteiger charge is 2.31. The van der Waals surface area contributed by atoms with E-state index in [1.807, 2.05) is 18.2 Å². The number of likely N-dealkylation sites (tertiary alicyclic amines) is 2. The van der Waals surface area contributed by atoms with Crippen molar-refractivity contribution in [3.63, 3.8) is 0 Å². The number of carbonyl (C=O) groups excluding carboxylic acids is 2. The first-order valence-corrected chi connectivity index (χ1v) is 13.2. The number of nitrogens with zero attached hydrogens (tertiary/aromatic N) is 4. The van der Waals surface area contributed by atoms with Crippen molar-refractivity contribution in [3.05, 3.63) is 48.2 Å². The van der Waals surface area contributed by atoms with Crippen molar-refractivity contribution in [2.45, 2.75) is 44.9 Å². The summed E-state index contributed by atoms with van der Waals surface area (Å²) in [5.41, 5.74) is 1.64. The number of hydrogen-bond donors (Lipinski definition) is 1. The number of aromatic nitrogens is 1. The van der Waals surface area contributed by atoms with Gasteiger partial charge in [0.1, 0.15) is 0 Å². The maximum absolute atomic E-state index is 13.6. The van der Waals surface area contributed by atoms with Crippen LogP contribution in [0.25, 0.3) is 0 Å². The zero-order chi connectivity index (χ0) is 24.2. The molecule has 2 amide bonds. The van der Waals surface area contributed by atoms with Crippen LogP contribution in [-0.2, 0) is 4.79 Å². The molecule has 7 heteroatoms. The van der Waals surface area contributed by atoms with Crippen molar-refractivity contribution in [2.24, 2.45) is 11.8 Å². The van der Waals surface area contributed by atoms with Gasteiger partial charge in [0.15, 0.2) is 5.82 Å². The van der Waals surface area contributed by atoms with Gasteiger partial charge in [-0.1, -0.05) is 31.4 Å². The van der Waals surface area contributed by atoms with E-state index in [2.05, 4.69) is 27.1 Å². The van der Waals surface area contributed by atoms with Gasteiger partial charge in [0.25, 0.3) is 5.91 Å². The number of nitrogens with one attached hydrogen (secondary N) is 1. The zero-order valence-corrected chi connectivity index (χ0v) is 20.8. The molecule has 0 radical (unpaired) electrons. The van der Waals surface area contributed by atoms with E-state index >= 15 is 0 Å². The van der Waals surface area contributed by atoms with Crippen LogP contribution < -0.4 is 10.2 Å². The maximum atomic E-state index is 13.6. The van der Waals surface area contributed by atoms with Crippen molar-refractivity contribution in [2.75, 3.05) is 50.0 Å². The van der Waals surface area contributed by atoms with Gasteiger partial charge in [0.2, 0.25) is 5.91 Å². The molecule has 0 saturated carbocycles. The topological polar surface area (TPSA) is 68.8 Å². The Morgan fingerprint density at radius 3 is 2.40 bits per heavy atom. The predicted molar refractivity (Wildman–Crippen MR) is 139 cm³/mol. The highest BCUT2D eigenvalue weighted by atomic mass is 16.2. The van der Waals surface area contributed by atoms with Crippen molar-refractivity contribution >= 4 is 29.0 Å². The first-order valence-electron chi connectivity index (χ1n) is 13.2. The molecule has 4 heterocycles. The van der Waals surface area contributed by atoms with Crippen LogP contribution in [-0.4, -0.2) is 66.4 Å². The molecule has 1 aromatic heterocycles. The SMILES string of the molecule is CN1CCC(CCCC2CCN(CC(=O)N3c4ccccc4C(=O)Nc4cccnc43)CC2)CC1. The van der Waals surface area contributed by atoms with Crippen molar-refractivity contribution < 1.29 is 9.59 Å². The summed E-state index contributed by atoms with van der Waals surface area (Å²) in [5, 5.41) is 2.91. The molecule has 186 valence electrons. The van der Waals surface area contributed by atoms with Crippen molar-refractivity contribution in [1.29, 1.82) is 0 Å². The van der Waals surface area contributed by atoms with Gasteiger partial charge < -0.3 is 10.2 Å². The molecule has 3 aliphatic rings. The summed E-state index contributed by atoms with van der Waals surface area (Å²) in [6, 6.07) is 10.8. The number of piperidine rings is 2. The number of benzene rings is 1. The minimum absolute atomic E-state index is 0.0467. The molecule has 0 atom stereocenters. The van der Waals surface area contributed by atoms with Gasteiger partial charge in [-0.05, 0) is 95.0 Å². The van der Waals surface area contributed by atoms with Crippen molar-refractivity contribution in [3.8, 4) is 0 Å². The fraction of sp³-hybridized carbons (Fsp3) is 0.536. The number of fused-ring (bicyclic) bond motifs is 2. The molecular formula is C28H37N5O2. The van der Waals surface area contributed by atoms with Gasteiger partial charge in [-0.3, -0.25) is 19.4 Å². The van der Waals surface area contributed by atoms with Crippen LogP contribution in [0.15, 0.2) is 42.6 Å². The minimum atomic E-state index is -0.216. The average molecular weight is 476 g/mol. The van der Waals surface area contributed by atoms with E-state index in [1.165, 1.54) is 45.2 Å². The van der Waals surface area contributed by atoms with Gasteiger partial charge in [-0.25, -0.2) is 4.98 Å². The molecular weight excluding hydrogens is 438 g/mol. The summed E-state index contributed by atoms with van der Waals surface area (Å²) in [6.07, 6.45) is 10.7. The third-order valence-electron chi connectivity index (χ3n) is 8.01. The van der Waals surface area contributed by atoms with Crippen LogP contribution in [0.2, 0.25) is 0 Å². The summed E-state index contributed by atoms with van der Waals surface area (Å²) in [4.78, 5) is 37.2. The Hall–Kier alpha value is -2.77. The van der Waals surface area contributed by atoms with Crippen LogP contribution in [0.3, 0.4) is 0 Å². The van der Waals surface area contributed by atoms with E-state index in [1.54, 1.807) is 29.3 Å². The fourth-order valence-corrected chi connectivity index (χ4v) is 5.83. The number of rotatable bonds is 6. The molecule has 7 nitrogen and oxygen atoms in total. The van der Waals surface area contributed by atoms with Crippen LogP contribution in [0.4, 0.5) is 17.2 Å².